The maximum Gasteiger partial charge on any atom is 0.407 e. The molecule has 0 spiro atoms. The normalized spacial score (nSPS) is 16.7. The molecule has 1 aliphatic rings. The van der Waals surface area contributed by atoms with E-state index in [0.29, 0.717) is 19.9 Å². The largest absolute Gasteiger partial charge is 0.543 e. The van der Waals surface area contributed by atoms with Crippen LogP contribution in [0.2, 0.25) is 43.8 Å². The van der Waals surface area contributed by atoms with Gasteiger partial charge in [0.1, 0.15) is 18.3 Å². The van der Waals surface area contributed by atoms with E-state index in [-0.39, 0.29) is 11.1 Å². The Hall–Kier alpha value is -2.63. The third-order valence-corrected chi connectivity index (χ3v) is 14.2. The quantitative estimate of drug-likeness (QED) is 0.208. The molecule has 212 valence electrons. The van der Waals surface area contributed by atoms with Gasteiger partial charge in [0.05, 0.1) is 17.9 Å². The molecule has 9 heteroatoms. The van der Waals surface area contributed by atoms with Crippen LogP contribution >= 0.6 is 0 Å². The van der Waals surface area contributed by atoms with Crippen LogP contribution < -0.4 is 4.43 Å². The summed E-state index contributed by atoms with van der Waals surface area (Å²) >= 11 is 0. The number of fused-ring (bicyclic) bond motifs is 1. The van der Waals surface area contributed by atoms with Crippen molar-refractivity contribution in [3.8, 4) is 17.0 Å². The molecule has 0 aliphatic carbocycles. The Labute approximate surface area is 235 Å². The van der Waals surface area contributed by atoms with Crippen molar-refractivity contribution in [2.24, 2.45) is 0 Å². The second-order valence-corrected chi connectivity index (χ2v) is 23.8. The zero-order chi connectivity index (χ0) is 28.6. The van der Waals surface area contributed by atoms with E-state index < -0.39 is 22.5 Å². The second kappa shape index (κ2) is 11.1. The van der Waals surface area contributed by atoms with Crippen LogP contribution in [0.15, 0.2) is 42.6 Å². The summed E-state index contributed by atoms with van der Waals surface area (Å²) < 4.78 is 14.8. The number of carboxylic acid groups (broad SMARTS) is 1. The first-order valence-corrected chi connectivity index (χ1v) is 20.6. The van der Waals surface area contributed by atoms with E-state index in [1.165, 1.54) is 4.90 Å². The molecule has 1 fully saturated rings. The van der Waals surface area contributed by atoms with Gasteiger partial charge in [0.2, 0.25) is 8.32 Å². The Balaban J connectivity index is 1.65. The molecule has 0 saturated carbocycles. The lowest BCUT2D eigenvalue weighted by atomic mass is 10.0. The summed E-state index contributed by atoms with van der Waals surface area (Å²) in [5.74, 6) is 1.68. The highest BCUT2D eigenvalue weighted by Gasteiger charge is 2.39. The minimum atomic E-state index is -1.93. The van der Waals surface area contributed by atoms with Crippen molar-refractivity contribution in [2.75, 3.05) is 13.2 Å². The topological polar surface area (TPSA) is 76.8 Å². The van der Waals surface area contributed by atoms with E-state index in [1.807, 2.05) is 6.20 Å². The molecule has 3 aromatic rings. The van der Waals surface area contributed by atoms with Gasteiger partial charge in [0.15, 0.2) is 0 Å². The minimum Gasteiger partial charge on any atom is -0.543 e. The fourth-order valence-corrected chi connectivity index (χ4v) is 6.49. The predicted molar refractivity (Wildman–Crippen MR) is 164 cm³/mol. The van der Waals surface area contributed by atoms with Crippen LogP contribution in [-0.4, -0.2) is 55.2 Å². The van der Waals surface area contributed by atoms with Gasteiger partial charge >= 0.3 is 6.09 Å². The molecule has 0 unspecified atom stereocenters. The van der Waals surface area contributed by atoms with Crippen molar-refractivity contribution >= 4 is 33.3 Å². The highest BCUT2D eigenvalue weighted by molar-refractivity contribution is 6.76. The molecule has 0 radical (unpaired) electrons. The van der Waals surface area contributed by atoms with Gasteiger partial charge in [-0.1, -0.05) is 58.6 Å². The predicted octanol–water partition coefficient (Wildman–Crippen LogP) is 8.21. The molecule has 1 saturated heterocycles. The van der Waals surface area contributed by atoms with Gasteiger partial charge in [-0.05, 0) is 66.0 Å². The highest BCUT2D eigenvalue weighted by atomic mass is 28.4. The average molecular weight is 568 g/mol. The standard InChI is InChI=1S/C30H45N3O4Si2/c1-30(2,3)39(7,8)37-25-14-13-22-18-24(12-11-23(22)19-25)27-20-31-28(26-10-9-15-32(26)29(34)35)33(27)21-36-16-17-38(4,5)6/h11-14,18-20,26H,9-10,15-17,21H2,1-8H3,(H,34,35)/t26-/m0/s1. The fraction of sp³-hybridized carbons (Fsp3) is 0.533. The van der Waals surface area contributed by atoms with Crippen LogP contribution in [-0.2, 0) is 11.5 Å². The van der Waals surface area contributed by atoms with E-state index >= 15 is 0 Å². The number of hydrogen-bond donors (Lipinski definition) is 1. The van der Waals surface area contributed by atoms with E-state index in [4.69, 9.17) is 14.1 Å². The van der Waals surface area contributed by atoms with E-state index in [1.54, 1.807) is 0 Å². The number of benzene rings is 2. The monoisotopic (exact) mass is 567 g/mol. The number of ether oxygens (including phenoxy) is 1. The van der Waals surface area contributed by atoms with Crippen LogP contribution in [0.3, 0.4) is 0 Å². The maximum absolute atomic E-state index is 11.9. The first-order valence-electron chi connectivity index (χ1n) is 14.0. The number of rotatable bonds is 9. The van der Waals surface area contributed by atoms with Crippen LogP contribution in [0.4, 0.5) is 4.79 Å². The summed E-state index contributed by atoms with van der Waals surface area (Å²) in [5, 5.41) is 12.2. The molecule has 1 amide bonds. The summed E-state index contributed by atoms with van der Waals surface area (Å²) in [5.41, 5.74) is 1.98. The summed E-state index contributed by atoms with van der Waals surface area (Å²) in [6.45, 7) is 19.9. The smallest absolute Gasteiger partial charge is 0.407 e. The van der Waals surface area contributed by atoms with Gasteiger partial charge in [-0.3, -0.25) is 4.90 Å². The Morgan fingerprint density at radius 2 is 1.77 bits per heavy atom. The summed E-state index contributed by atoms with van der Waals surface area (Å²) in [6.07, 6.45) is 2.58. The molecule has 1 aliphatic heterocycles. The lowest BCUT2D eigenvalue weighted by molar-refractivity contribution is 0.0815. The van der Waals surface area contributed by atoms with Gasteiger partial charge in [0.25, 0.3) is 0 Å². The molecule has 2 aromatic carbocycles. The summed E-state index contributed by atoms with van der Waals surface area (Å²) in [6, 6.07) is 13.6. The van der Waals surface area contributed by atoms with Crippen LogP contribution in [0.25, 0.3) is 22.0 Å². The van der Waals surface area contributed by atoms with Crippen molar-refractivity contribution < 1.29 is 19.1 Å². The van der Waals surface area contributed by atoms with Crippen LogP contribution in [0.1, 0.15) is 45.5 Å². The van der Waals surface area contributed by atoms with E-state index in [9.17, 15) is 9.90 Å². The van der Waals surface area contributed by atoms with Crippen LogP contribution in [0.5, 0.6) is 5.75 Å². The van der Waals surface area contributed by atoms with Crippen molar-refractivity contribution in [1.82, 2.24) is 14.5 Å². The van der Waals surface area contributed by atoms with Gasteiger partial charge in [0, 0.05) is 26.8 Å². The third-order valence-electron chi connectivity index (χ3n) is 8.19. The molecule has 39 heavy (non-hydrogen) atoms. The molecule has 1 atom stereocenters. The Kier molecular flexibility index (Phi) is 8.35. The summed E-state index contributed by atoms with van der Waals surface area (Å²) in [7, 11) is -3.15. The molecule has 1 aromatic heterocycles. The zero-order valence-electron chi connectivity index (χ0n) is 24.9. The van der Waals surface area contributed by atoms with Crippen molar-refractivity contribution in [3.63, 3.8) is 0 Å². The number of hydrogen-bond acceptors (Lipinski definition) is 4. The second-order valence-electron chi connectivity index (χ2n) is 13.5. The lowest BCUT2D eigenvalue weighted by Crippen LogP contribution is -2.43. The zero-order valence-corrected chi connectivity index (χ0v) is 26.9. The molecule has 1 N–H and O–H groups in total. The fourth-order valence-electron chi connectivity index (χ4n) is 4.71. The van der Waals surface area contributed by atoms with Gasteiger partial charge in [-0.25, -0.2) is 9.78 Å². The van der Waals surface area contributed by atoms with Crippen LogP contribution in [0, 0.1) is 0 Å². The highest BCUT2D eigenvalue weighted by Crippen LogP contribution is 2.39. The van der Waals surface area contributed by atoms with Crippen molar-refractivity contribution in [3.05, 3.63) is 48.4 Å². The van der Waals surface area contributed by atoms with Crippen molar-refractivity contribution in [2.45, 2.75) is 90.2 Å². The van der Waals surface area contributed by atoms with Crippen molar-refractivity contribution in [1.29, 1.82) is 0 Å². The number of carbonyl (C=O) groups is 1. The number of amides is 1. The number of nitrogens with zero attached hydrogens (tertiary/aromatic N) is 3. The molecule has 2 heterocycles. The minimum absolute atomic E-state index is 0.134. The lowest BCUT2D eigenvalue weighted by Gasteiger charge is -2.36. The summed E-state index contributed by atoms with van der Waals surface area (Å²) in [4.78, 5) is 18.2. The van der Waals surface area contributed by atoms with Gasteiger partial charge < -0.3 is 18.8 Å². The molecular formula is C30H45N3O4Si2. The SMILES string of the molecule is CC(C)(C)[Si](C)(C)Oc1ccc2cc(-c3cnc([C@@H]4CCCN4C(=O)O)n3COCC[Si](C)(C)C)ccc2c1. The number of aromatic nitrogens is 2. The molecule has 7 nitrogen and oxygen atoms in total. The van der Waals surface area contributed by atoms with E-state index in [0.717, 1.165) is 52.5 Å². The first kappa shape index (κ1) is 29.4. The average Bonchev–Trinajstić information content (AvgIpc) is 3.47. The van der Waals surface area contributed by atoms with Gasteiger partial charge in [-0.2, -0.15) is 0 Å². The third kappa shape index (κ3) is 6.75. The maximum atomic E-state index is 11.9. The number of imidazole rings is 1. The first-order chi connectivity index (χ1) is 18.2. The van der Waals surface area contributed by atoms with E-state index in [2.05, 4.69) is 94.5 Å². The Bertz CT molecular complexity index is 1320. The van der Waals surface area contributed by atoms with Gasteiger partial charge in [-0.15, -0.1) is 0 Å². The number of likely N-dealkylation sites (tertiary alicyclic amines) is 1. The Morgan fingerprint density at radius 3 is 2.44 bits per heavy atom. The molecule has 0 bridgehead atoms. The Morgan fingerprint density at radius 1 is 1.08 bits per heavy atom. The molecular weight excluding hydrogens is 523 g/mol. The molecule has 4 rings (SSSR count).